The van der Waals surface area contributed by atoms with Crippen LogP contribution >= 0.6 is 23.2 Å². The number of carbonyl (C=O) groups excluding carboxylic acids is 1. The number of hydrogen-bond acceptors (Lipinski definition) is 7. The van der Waals surface area contributed by atoms with Crippen LogP contribution in [-0.2, 0) is 19.6 Å². The monoisotopic (exact) mass is 540 g/mol. The molecule has 0 aliphatic rings. The van der Waals surface area contributed by atoms with Gasteiger partial charge in [-0.1, -0.05) is 23.2 Å². The van der Waals surface area contributed by atoms with Gasteiger partial charge in [0.25, 0.3) is 5.91 Å². The van der Waals surface area contributed by atoms with E-state index in [1.54, 1.807) is 12.3 Å². The largest absolute Gasteiger partial charge is 0.482 e. The summed E-state index contributed by atoms with van der Waals surface area (Å²) >= 11 is 12.2. The summed E-state index contributed by atoms with van der Waals surface area (Å²) in [5.74, 6) is -0.105. The van der Waals surface area contributed by atoms with Crippen LogP contribution in [0.1, 0.15) is 6.42 Å². The Bertz CT molecular complexity index is 1270. The minimum Gasteiger partial charge on any atom is -0.482 e. The van der Waals surface area contributed by atoms with Crippen molar-refractivity contribution in [3.05, 3.63) is 58.7 Å². The quantitative estimate of drug-likeness (QED) is 0.284. The number of rotatable bonds is 13. The number of aromatic nitrogens is 1. The van der Waals surface area contributed by atoms with Gasteiger partial charge in [-0.2, -0.15) is 0 Å². The van der Waals surface area contributed by atoms with E-state index in [-0.39, 0.29) is 41.3 Å². The first kappa shape index (κ1) is 27.0. The van der Waals surface area contributed by atoms with Gasteiger partial charge < -0.3 is 20.1 Å². The molecule has 0 fully saturated rings. The van der Waals surface area contributed by atoms with Crippen LogP contribution in [-0.4, -0.2) is 59.3 Å². The van der Waals surface area contributed by atoms with Gasteiger partial charge in [0.1, 0.15) is 5.75 Å². The van der Waals surface area contributed by atoms with Crippen LogP contribution in [0.5, 0.6) is 5.75 Å². The molecule has 3 rings (SSSR count). The molecule has 0 aliphatic heterocycles. The molecule has 188 valence electrons. The Kier molecular flexibility index (Phi) is 9.93. The second-order valence-corrected chi connectivity index (χ2v) is 10.0. The number of hydrogen-bond donors (Lipinski definition) is 3. The van der Waals surface area contributed by atoms with E-state index >= 15 is 0 Å². The topological polar surface area (TPSA) is 119 Å². The van der Waals surface area contributed by atoms with E-state index in [9.17, 15) is 13.2 Å². The third-order valence-corrected chi connectivity index (χ3v) is 6.86. The highest BCUT2D eigenvalue weighted by molar-refractivity contribution is 7.89. The molecule has 0 saturated carbocycles. The van der Waals surface area contributed by atoms with Crippen molar-refractivity contribution in [1.82, 2.24) is 15.0 Å². The lowest BCUT2D eigenvalue weighted by molar-refractivity contribution is -0.123. The van der Waals surface area contributed by atoms with E-state index in [4.69, 9.17) is 32.7 Å². The Balaban J connectivity index is 1.41. The smallest absolute Gasteiger partial charge is 0.257 e. The van der Waals surface area contributed by atoms with E-state index in [1.807, 2.05) is 18.2 Å². The fourth-order valence-corrected chi connectivity index (χ4v) is 4.64. The van der Waals surface area contributed by atoms with Gasteiger partial charge in [-0.05, 0) is 48.9 Å². The molecule has 0 spiro atoms. The summed E-state index contributed by atoms with van der Waals surface area (Å²) in [6, 6.07) is 11.5. The molecule has 2 aromatic carbocycles. The van der Waals surface area contributed by atoms with Crippen molar-refractivity contribution in [3.63, 3.8) is 0 Å². The van der Waals surface area contributed by atoms with Gasteiger partial charge in [0.2, 0.25) is 10.0 Å². The molecule has 35 heavy (non-hydrogen) atoms. The highest BCUT2D eigenvalue weighted by atomic mass is 35.5. The van der Waals surface area contributed by atoms with Crippen LogP contribution in [0.3, 0.4) is 0 Å². The number of fused-ring (bicyclic) bond motifs is 1. The van der Waals surface area contributed by atoms with Crippen molar-refractivity contribution in [3.8, 4) is 5.75 Å². The normalized spacial score (nSPS) is 11.4. The van der Waals surface area contributed by atoms with Crippen molar-refractivity contribution in [2.45, 2.75) is 11.3 Å². The summed E-state index contributed by atoms with van der Waals surface area (Å²) in [5.41, 5.74) is 1.75. The fourth-order valence-electron chi connectivity index (χ4n) is 3.14. The lowest BCUT2D eigenvalue weighted by atomic mass is 10.2. The van der Waals surface area contributed by atoms with Crippen LogP contribution in [0.2, 0.25) is 10.0 Å². The van der Waals surface area contributed by atoms with Crippen molar-refractivity contribution in [2.24, 2.45) is 0 Å². The number of carbonyl (C=O) groups is 1. The minimum absolute atomic E-state index is 0.00650. The summed E-state index contributed by atoms with van der Waals surface area (Å²) < 4.78 is 37.1. The first-order valence-electron chi connectivity index (χ1n) is 10.8. The van der Waals surface area contributed by atoms with Crippen molar-refractivity contribution in [1.29, 1.82) is 0 Å². The number of nitrogens with zero attached hydrogens (tertiary/aromatic N) is 1. The average molecular weight is 541 g/mol. The Morgan fingerprint density at radius 2 is 1.89 bits per heavy atom. The van der Waals surface area contributed by atoms with Crippen LogP contribution < -0.4 is 20.1 Å². The van der Waals surface area contributed by atoms with Crippen LogP contribution in [0.15, 0.2) is 53.6 Å². The molecule has 0 bridgehead atoms. The highest BCUT2D eigenvalue weighted by Gasteiger charge is 2.16. The van der Waals surface area contributed by atoms with E-state index in [1.165, 1.54) is 25.3 Å². The predicted octanol–water partition coefficient (Wildman–Crippen LogP) is 3.46. The fraction of sp³-hybridized carbons (Fsp3) is 0.304. The molecule has 0 unspecified atom stereocenters. The number of nitrogens with one attached hydrogen (secondary N) is 3. The first-order chi connectivity index (χ1) is 16.8. The van der Waals surface area contributed by atoms with Crippen LogP contribution in [0, 0.1) is 0 Å². The van der Waals surface area contributed by atoms with Gasteiger partial charge in [-0.3, -0.25) is 9.78 Å². The van der Waals surface area contributed by atoms with Gasteiger partial charge in [0.15, 0.2) is 6.61 Å². The second-order valence-electron chi connectivity index (χ2n) is 7.42. The molecule has 3 N–H and O–H groups in total. The summed E-state index contributed by atoms with van der Waals surface area (Å²) in [6.07, 6.45) is 2.40. The average Bonchev–Trinajstić information content (AvgIpc) is 2.83. The third kappa shape index (κ3) is 7.94. The van der Waals surface area contributed by atoms with Crippen molar-refractivity contribution >= 4 is 55.7 Å². The van der Waals surface area contributed by atoms with E-state index in [0.717, 1.165) is 16.6 Å². The molecule has 12 heteroatoms. The number of amides is 1. The maximum Gasteiger partial charge on any atom is 0.257 e. The standard InChI is InChI=1S/C23H26Cl2N4O5S/c1-33-12-11-29-35(31,32)17-4-6-22(19(25)14-17)34-15-23(30)28-9-2-8-26-20-7-10-27-21-13-16(24)3-5-18(20)21/h3-7,10,13-14,29H,2,8-9,11-12,15H2,1H3,(H,26,27)(H,28,30). The zero-order valence-electron chi connectivity index (χ0n) is 19.0. The Labute approximate surface area is 214 Å². The zero-order valence-corrected chi connectivity index (χ0v) is 21.3. The van der Waals surface area contributed by atoms with E-state index in [2.05, 4.69) is 20.3 Å². The first-order valence-corrected chi connectivity index (χ1v) is 13.0. The number of pyridine rings is 1. The molecule has 1 amide bonds. The molecule has 9 nitrogen and oxygen atoms in total. The molecule has 1 heterocycles. The Morgan fingerprint density at radius 3 is 2.66 bits per heavy atom. The number of methoxy groups -OCH3 is 1. The van der Waals surface area contributed by atoms with Crippen molar-refractivity contribution in [2.75, 3.05) is 45.3 Å². The summed E-state index contributed by atoms with van der Waals surface area (Å²) in [7, 11) is -2.24. The maximum absolute atomic E-state index is 12.2. The summed E-state index contributed by atoms with van der Waals surface area (Å²) in [5, 5.41) is 7.79. The number of ether oxygens (including phenoxy) is 2. The maximum atomic E-state index is 12.2. The molecule has 0 saturated heterocycles. The number of benzene rings is 2. The molecule has 0 atom stereocenters. The van der Waals surface area contributed by atoms with Crippen LogP contribution in [0.4, 0.5) is 5.69 Å². The van der Waals surface area contributed by atoms with Gasteiger partial charge >= 0.3 is 0 Å². The SMILES string of the molecule is COCCNS(=O)(=O)c1ccc(OCC(=O)NCCCNc2ccnc3cc(Cl)ccc23)c(Cl)c1. The highest BCUT2D eigenvalue weighted by Crippen LogP contribution is 2.27. The molecule has 0 radical (unpaired) electrons. The number of anilines is 1. The third-order valence-electron chi connectivity index (χ3n) is 4.87. The number of halogens is 2. The molecule has 0 aliphatic carbocycles. The summed E-state index contributed by atoms with van der Waals surface area (Å²) in [6.45, 7) is 1.22. The predicted molar refractivity (Wildman–Crippen MR) is 137 cm³/mol. The minimum atomic E-state index is -3.72. The molecular weight excluding hydrogens is 515 g/mol. The lowest BCUT2D eigenvalue weighted by Crippen LogP contribution is -2.30. The van der Waals surface area contributed by atoms with Gasteiger partial charge in [-0.15, -0.1) is 0 Å². The lowest BCUT2D eigenvalue weighted by Gasteiger charge is -2.12. The molecule has 1 aromatic heterocycles. The van der Waals surface area contributed by atoms with Crippen LogP contribution in [0.25, 0.3) is 10.9 Å². The van der Waals surface area contributed by atoms with E-state index in [0.29, 0.717) is 24.5 Å². The van der Waals surface area contributed by atoms with Gasteiger partial charge in [0, 0.05) is 49.0 Å². The van der Waals surface area contributed by atoms with Gasteiger partial charge in [0.05, 0.1) is 22.0 Å². The van der Waals surface area contributed by atoms with E-state index < -0.39 is 10.0 Å². The number of sulfonamides is 1. The van der Waals surface area contributed by atoms with Gasteiger partial charge in [-0.25, -0.2) is 13.1 Å². The molecule has 3 aromatic rings. The Morgan fingerprint density at radius 1 is 1.06 bits per heavy atom. The summed E-state index contributed by atoms with van der Waals surface area (Å²) in [4.78, 5) is 16.4. The second kappa shape index (κ2) is 12.9. The zero-order chi connectivity index (χ0) is 25.3. The molecular formula is C23H26Cl2N4O5S. The van der Waals surface area contributed by atoms with Crippen molar-refractivity contribution < 1.29 is 22.7 Å². The Hall–Kier alpha value is -2.63.